The van der Waals surface area contributed by atoms with E-state index in [-0.39, 0.29) is 0 Å². The third-order valence-corrected chi connectivity index (χ3v) is 6.26. The molecule has 0 aliphatic heterocycles. The average molecular weight is 364 g/mol. The van der Waals surface area contributed by atoms with Crippen LogP contribution in [0.5, 0.6) is 0 Å². The molecule has 0 radical (unpaired) electrons. The number of alkyl halides is 6. The fraction of sp³-hybridized carbons (Fsp3) is 0.579. The van der Waals surface area contributed by atoms with Crippen LogP contribution in [0.4, 0.5) is 26.3 Å². The van der Waals surface area contributed by atoms with Crippen LogP contribution in [0.1, 0.15) is 27.7 Å². The third kappa shape index (κ3) is 2.43. The van der Waals surface area contributed by atoms with E-state index in [0.29, 0.717) is 0 Å². The second-order valence-electron chi connectivity index (χ2n) is 7.38. The Labute approximate surface area is 144 Å². The molecule has 2 aliphatic rings. The molecule has 0 spiro atoms. The second kappa shape index (κ2) is 5.78. The van der Waals surface area contributed by atoms with Crippen LogP contribution in [0.15, 0.2) is 48.6 Å². The van der Waals surface area contributed by atoms with Gasteiger partial charge < -0.3 is 0 Å². The van der Waals surface area contributed by atoms with E-state index in [1.54, 1.807) is 0 Å². The summed E-state index contributed by atoms with van der Waals surface area (Å²) in [5.41, 5.74) is -8.31. The van der Waals surface area contributed by atoms with E-state index in [2.05, 4.69) is 0 Å². The van der Waals surface area contributed by atoms with Crippen LogP contribution in [0.25, 0.3) is 0 Å². The molecule has 0 N–H and O–H groups in total. The Bertz CT molecular complexity index is 577. The molecule has 0 nitrogen and oxygen atoms in total. The summed E-state index contributed by atoms with van der Waals surface area (Å²) in [6.07, 6.45) is -0.495. The number of halogens is 6. The van der Waals surface area contributed by atoms with Crippen molar-refractivity contribution in [3.63, 3.8) is 0 Å². The summed E-state index contributed by atoms with van der Waals surface area (Å²) in [6.45, 7) is 4.96. The molecular formula is C19H22F6. The average Bonchev–Trinajstić information content (AvgIpc) is 2.43. The number of rotatable bonds is 2. The zero-order valence-electron chi connectivity index (χ0n) is 14.5. The highest BCUT2D eigenvalue weighted by Gasteiger charge is 2.84. The Hall–Kier alpha value is -1.46. The van der Waals surface area contributed by atoms with Gasteiger partial charge in [-0.25, -0.2) is 0 Å². The van der Waals surface area contributed by atoms with E-state index in [4.69, 9.17) is 0 Å². The lowest BCUT2D eigenvalue weighted by atomic mass is 9.43. The van der Waals surface area contributed by atoms with Crippen molar-refractivity contribution in [3.05, 3.63) is 48.6 Å². The van der Waals surface area contributed by atoms with Gasteiger partial charge in [0.2, 0.25) is 0 Å². The van der Waals surface area contributed by atoms with Crippen molar-refractivity contribution >= 4 is 0 Å². The van der Waals surface area contributed by atoms with Gasteiger partial charge in [-0.05, 0) is 11.8 Å². The van der Waals surface area contributed by atoms with Gasteiger partial charge in [0.25, 0.3) is 0 Å². The van der Waals surface area contributed by atoms with E-state index < -0.39 is 40.4 Å². The lowest BCUT2D eigenvalue weighted by Gasteiger charge is -2.60. The van der Waals surface area contributed by atoms with Crippen molar-refractivity contribution in [3.8, 4) is 0 Å². The van der Waals surface area contributed by atoms with E-state index in [1.807, 2.05) is 0 Å². The molecule has 4 unspecified atom stereocenters. The monoisotopic (exact) mass is 364 g/mol. The maximum absolute atomic E-state index is 14.4. The second-order valence-corrected chi connectivity index (χ2v) is 7.38. The predicted octanol–water partition coefficient (Wildman–Crippen LogP) is 6.63. The Kier molecular flexibility index (Phi) is 4.59. The maximum Gasteiger partial charge on any atom is 0.404 e. The highest BCUT2D eigenvalue weighted by molar-refractivity contribution is 5.33. The minimum atomic E-state index is -5.50. The van der Waals surface area contributed by atoms with Gasteiger partial charge in [0.05, 0.1) is 0 Å². The molecule has 140 valence electrons. The Morgan fingerprint density at radius 3 is 1.20 bits per heavy atom. The highest BCUT2D eigenvalue weighted by Crippen LogP contribution is 2.73. The molecule has 4 atom stereocenters. The Morgan fingerprint density at radius 1 is 0.640 bits per heavy atom. The van der Waals surface area contributed by atoms with E-state index in [9.17, 15) is 26.3 Å². The summed E-state index contributed by atoms with van der Waals surface area (Å²) in [5, 5.41) is 0. The number of hydrogen-bond acceptors (Lipinski definition) is 0. The topological polar surface area (TPSA) is 0 Å². The summed E-state index contributed by atoms with van der Waals surface area (Å²) < 4.78 is 86.6. The molecule has 0 amide bonds. The van der Waals surface area contributed by atoms with Crippen molar-refractivity contribution in [2.45, 2.75) is 40.0 Å². The smallest absolute Gasteiger partial charge is 0.170 e. The molecule has 0 aromatic rings. The molecule has 2 rings (SSSR count). The van der Waals surface area contributed by atoms with Gasteiger partial charge in [0.15, 0.2) is 5.41 Å². The zero-order chi connectivity index (χ0) is 19.3. The van der Waals surface area contributed by atoms with Gasteiger partial charge in [-0.1, -0.05) is 76.3 Å². The van der Waals surface area contributed by atoms with E-state index >= 15 is 0 Å². The predicted molar refractivity (Wildman–Crippen MR) is 85.6 cm³/mol. The standard InChI is InChI=1S/C19H22F6/c1-13-9-5-7-11-15(13,3)17(18(20,21)22,19(23,24)25)16(4)12-8-6-10-14(16)2/h5-14H,1-4H3. The van der Waals surface area contributed by atoms with Crippen LogP contribution >= 0.6 is 0 Å². The molecule has 0 aromatic carbocycles. The molecule has 2 aliphatic carbocycles. The van der Waals surface area contributed by atoms with Gasteiger partial charge in [-0.15, -0.1) is 0 Å². The largest absolute Gasteiger partial charge is 0.404 e. The molecule has 0 bridgehead atoms. The van der Waals surface area contributed by atoms with Gasteiger partial charge in [0.1, 0.15) is 0 Å². The number of allylic oxidation sites excluding steroid dienone is 8. The quantitative estimate of drug-likeness (QED) is 0.482. The summed E-state index contributed by atoms with van der Waals surface area (Å²) in [7, 11) is 0. The lowest BCUT2D eigenvalue weighted by Crippen LogP contribution is -2.69. The number of hydrogen-bond donors (Lipinski definition) is 0. The van der Waals surface area contributed by atoms with Crippen molar-refractivity contribution in [2.24, 2.45) is 28.1 Å². The van der Waals surface area contributed by atoms with Gasteiger partial charge in [-0.2, -0.15) is 26.3 Å². The lowest BCUT2D eigenvalue weighted by molar-refractivity contribution is -0.406. The Balaban J connectivity index is 2.95. The molecule has 0 saturated carbocycles. The van der Waals surface area contributed by atoms with Gasteiger partial charge in [-0.3, -0.25) is 0 Å². The van der Waals surface area contributed by atoms with Gasteiger partial charge in [0, 0.05) is 10.8 Å². The van der Waals surface area contributed by atoms with Crippen LogP contribution in [0.2, 0.25) is 0 Å². The summed E-state index contributed by atoms with van der Waals surface area (Å²) in [5.74, 6) is -1.88. The van der Waals surface area contributed by atoms with E-state index in [1.165, 1.54) is 50.3 Å². The van der Waals surface area contributed by atoms with Crippen LogP contribution < -0.4 is 0 Å². The van der Waals surface area contributed by atoms with Crippen LogP contribution in [0, 0.1) is 28.1 Å². The van der Waals surface area contributed by atoms with Gasteiger partial charge >= 0.3 is 12.4 Å². The summed E-state index contributed by atoms with van der Waals surface area (Å²) in [6, 6.07) is 0. The Morgan fingerprint density at radius 2 is 0.960 bits per heavy atom. The summed E-state index contributed by atoms with van der Waals surface area (Å²) >= 11 is 0. The molecule has 6 heteroatoms. The summed E-state index contributed by atoms with van der Waals surface area (Å²) in [4.78, 5) is 0. The normalized spacial score (nSPS) is 36.1. The fourth-order valence-electron chi connectivity index (χ4n) is 4.57. The molecule has 0 saturated heterocycles. The molecular weight excluding hydrogens is 342 g/mol. The minimum Gasteiger partial charge on any atom is -0.170 e. The first-order valence-electron chi connectivity index (χ1n) is 8.11. The van der Waals surface area contributed by atoms with Crippen molar-refractivity contribution < 1.29 is 26.3 Å². The van der Waals surface area contributed by atoms with E-state index in [0.717, 1.165) is 26.0 Å². The van der Waals surface area contributed by atoms with Crippen LogP contribution in [-0.2, 0) is 0 Å². The first-order chi connectivity index (χ1) is 11.3. The SMILES string of the molecule is CC1C=CC=CC1(C)C(C(F)(F)F)(C(F)(F)F)C1(C)C=CC=CC1C. The maximum atomic E-state index is 14.4. The van der Waals surface area contributed by atoms with Crippen molar-refractivity contribution in [2.75, 3.05) is 0 Å². The fourth-order valence-corrected chi connectivity index (χ4v) is 4.57. The van der Waals surface area contributed by atoms with Crippen LogP contribution in [0.3, 0.4) is 0 Å². The van der Waals surface area contributed by atoms with Crippen molar-refractivity contribution in [1.82, 2.24) is 0 Å². The van der Waals surface area contributed by atoms with Crippen molar-refractivity contribution in [1.29, 1.82) is 0 Å². The molecule has 0 heterocycles. The highest BCUT2D eigenvalue weighted by atomic mass is 19.4. The molecule has 0 fully saturated rings. The first kappa shape index (κ1) is 19.9. The molecule has 0 aromatic heterocycles. The minimum absolute atomic E-state index is 0.941. The first-order valence-corrected chi connectivity index (χ1v) is 8.11. The van der Waals surface area contributed by atoms with Crippen LogP contribution in [-0.4, -0.2) is 12.4 Å². The third-order valence-electron chi connectivity index (χ3n) is 6.26. The zero-order valence-corrected chi connectivity index (χ0v) is 14.5. The molecule has 25 heavy (non-hydrogen) atoms.